The van der Waals surface area contributed by atoms with Gasteiger partial charge >= 0.3 is 5.97 Å². The molecule has 1 aliphatic rings. The number of nitrogens with zero attached hydrogens (tertiary/aromatic N) is 2. The van der Waals surface area contributed by atoms with Gasteiger partial charge in [-0.05, 0) is 71.1 Å². The molecular weight excluding hydrogens is 490 g/mol. The molecule has 0 bridgehead atoms. The normalized spacial score (nSPS) is 14.7. The van der Waals surface area contributed by atoms with Gasteiger partial charge in [-0.1, -0.05) is 60.4 Å². The van der Waals surface area contributed by atoms with Gasteiger partial charge in [0.1, 0.15) is 4.32 Å². The van der Waals surface area contributed by atoms with Gasteiger partial charge in [-0.2, -0.15) is 0 Å². The topological polar surface area (TPSA) is 96.5 Å². The number of amides is 1. The smallest absolute Gasteiger partial charge is 0.335 e. The van der Waals surface area contributed by atoms with E-state index in [1.165, 1.54) is 11.8 Å². The molecule has 4 aromatic rings. The van der Waals surface area contributed by atoms with E-state index in [1.807, 2.05) is 48.5 Å². The highest BCUT2D eigenvalue weighted by Gasteiger charge is 2.31. The first-order valence-electron chi connectivity index (χ1n) is 11.2. The van der Waals surface area contributed by atoms with Crippen LogP contribution in [-0.2, 0) is 11.2 Å². The number of aromatic carboxylic acids is 1. The Morgan fingerprint density at radius 2 is 1.83 bits per heavy atom. The zero-order valence-corrected chi connectivity index (χ0v) is 20.7. The van der Waals surface area contributed by atoms with Crippen LogP contribution in [0.15, 0.2) is 83.9 Å². The van der Waals surface area contributed by atoms with E-state index in [4.69, 9.17) is 23.1 Å². The quantitative estimate of drug-likeness (QED) is 0.256. The van der Waals surface area contributed by atoms with E-state index >= 15 is 0 Å². The number of thiocarbonyl (C=S) groups is 1. The Morgan fingerprint density at radius 3 is 2.61 bits per heavy atom. The van der Waals surface area contributed by atoms with Gasteiger partial charge < -0.3 is 10.8 Å². The Morgan fingerprint density at radius 1 is 1.06 bits per heavy atom. The van der Waals surface area contributed by atoms with Crippen LogP contribution >= 0.6 is 24.0 Å². The Labute approximate surface area is 217 Å². The average Bonchev–Trinajstić information content (AvgIpc) is 3.15. The second-order valence-electron chi connectivity index (χ2n) is 8.34. The van der Waals surface area contributed by atoms with Crippen LogP contribution in [0.2, 0.25) is 0 Å². The first-order chi connectivity index (χ1) is 17.4. The first kappa shape index (κ1) is 23.7. The lowest BCUT2D eigenvalue weighted by atomic mass is 10.0. The van der Waals surface area contributed by atoms with Crippen molar-refractivity contribution >= 4 is 62.8 Å². The second-order valence-corrected chi connectivity index (χ2v) is 10.0. The number of nitrogen functional groups attached to an aromatic ring is 1. The van der Waals surface area contributed by atoms with E-state index in [2.05, 4.69) is 4.98 Å². The molecule has 0 atom stereocenters. The van der Waals surface area contributed by atoms with Crippen molar-refractivity contribution in [3.05, 3.63) is 101 Å². The molecule has 6 nitrogen and oxygen atoms in total. The number of carbonyl (C=O) groups excluding carboxylic acids is 1. The highest BCUT2D eigenvalue weighted by Crippen LogP contribution is 2.34. The maximum atomic E-state index is 13.1. The van der Waals surface area contributed by atoms with Crippen LogP contribution < -0.4 is 5.73 Å². The Balaban J connectivity index is 1.33. The van der Waals surface area contributed by atoms with Gasteiger partial charge in [-0.3, -0.25) is 14.7 Å². The Bertz CT molecular complexity index is 1550. The number of carboxylic acid groups (broad SMARTS) is 1. The van der Waals surface area contributed by atoms with Crippen molar-refractivity contribution in [1.29, 1.82) is 0 Å². The van der Waals surface area contributed by atoms with Crippen LogP contribution in [0.1, 0.15) is 21.5 Å². The summed E-state index contributed by atoms with van der Waals surface area (Å²) in [7, 11) is 0. The molecule has 178 valence electrons. The molecule has 2 heterocycles. The number of rotatable bonds is 6. The molecule has 0 aliphatic carbocycles. The van der Waals surface area contributed by atoms with E-state index in [9.17, 15) is 9.59 Å². The molecule has 3 N–H and O–H groups in total. The van der Waals surface area contributed by atoms with Crippen molar-refractivity contribution in [3.63, 3.8) is 0 Å². The van der Waals surface area contributed by atoms with Crippen LogP contribution in [-0.4, -0.2) is 37.7 Å². The van der Waals surface area contributed by atoms with E-state index < -0.39 is 5.97 Å². The van der Waals surface area contributed by atoms with Gasteiger partial charge in [0, 0.05) is 23.8 Å². The summed E-state index contributed by atoms with van der Waals surface area (Å²) < 4.78 is 0.516. The van der Waals surface area contributed by atoms with Crippen molar-refractivity contribution in [2.45, 2.75) is 6.42 Å². The van der Waals surface area contributed by atoms with E-state index in [-0.39, 0.29) is 11.5 Å². The summed E-state index contributed by atoms with van der Waals surface area (Å²) >= 11 is 6.76. The minimum absolute atomic E-state index is 0.123. The number of aromatic nitrogens is 1. The van der Waals surface area contributed by atoms with Gasteiger partial charge in [0.2, 0.25) is 0 Å². The van der Waals surface area contributed by atoms with Gasteiger partial charge in [0.15, 0.2) is 0 Å². The second kappa shape index (κ2) is 9.93. The summed E-state index contributed by atoms with van der Waals surface area (Å²) in [5, 5.41) is 9.95. The minimum atomic E-state index is -0.963. The molecule has 1 saturated heterocycles. The number of anilines is 1. The van der Waals surface area contributed by atoms with Crippen molar-refractivity contribution in [1.82, 2.24) is 9.88 Å². The molecule has 0 radical (unpaired) electrons. The molecule has 0 saturated carbocycles. The number of fused-ring (bicyclic) bond motifs is 1. The number of carboxylic acids is 1. The molecule has 8 heteroatoms. The molecule has 1 amide bonds. The Kier molecular flexibility index (Phi) is 6.54. The predicted molar refractivity (Wildman–Crippen MR) is 149 cm³/mol. The van der Waals surface area contributed by atoms with Crippen molar-refractivity contribution < 1.29 is 14.7 Å². The fraction of sp³-hybridized carbons (Fsp3) is 0.0714. The predicted octanol–water partition coefficient (Wildman–Crippen LogP) is 5.63. The largest absolute Gasteiger partial charge is 0.478 e. The van der Waals surface area contributed by atoms with Crippen LogP contribution in [0, 0.1) is 0 Å². The third-order valence-electron chi connectivity index (χ3n) is 5.99. The number of carbonyl (C=O) groups is 2. The maximum absolute atomic E-state index is 13.1. The third-order valence-corrected chi connectivity index (χ3v) is 7.37. The number of hydrogen-bond donors (Lipinski definition) is 2. The van der Waals surface area contributed by atoms with E-state index in [1.54, 1.807) is 41.4 Å². The number of pyridine rings is 1. The zero-order valence-electron chi connectivity index (χ0n) is 19.0. The van der Waals surface area contributed by atoms with Crippen molar-refractivity contribution in [3.8, 4) is 11.1 Å². The van der Waals surface area contributed by atoms with Crippen molar-refractivity contribution in [2.24, 2.45) is 0 Å². The number of nitrogens with two attached hydrogens (primary N) is 1. The fourth-order valence-corrected chi connectivity index (χ4v) is 5.36. The molecule has 1 aromatic heterocycles. The Hall–Kier alpha value is -4.01. The number of thioether (sulfide) groups is 1. The summed E-state index contributed by atoms with van der Waals surface area (Å²) in [5.74, 6) is -1.09. The summed E-state index contributed by atoms with van der Waals surface area (Å²) in [4.78, 5) is 30.6. The SMILES string of the molecule is Nc1ccnc2ccc(-c3cccc(/C=C4\SC(=S)N(CCc5ccc(C(=O)O)cc5)C4=O)c3)cc12. The molecule has 36 heavy (non-hydrogen) atoms. The lowest BCUT2D eigenvalue weighted by molar-refractivity contribution is -0.122. The molecule has 0 spiro atoms. The van der Waals surface area contributed by atoms with Gasteiger partial charge in [-0.15, -0.1) is 0 Å². The molecular formula is C28H21N3O3S2. The van der Waals surface area contributed by atoms with Gasteiger partial charge in [-0.25, -0.2) is 4.79 Å². The highest BCUT2D eigenvalue weighted by atomic mass is 32.2. The number of benzene rings is 3. The van der Waals surface area contributed by atoms with Crippen LogP contribution in [0.3, 0.4) is 0 Å². The van der Waals surface area contributed by atoms with E-state index in [0.29, 0.717) is 27.9 Å². The van der Waals surface area contributed by atoms with E-state index in [0.717, 1.165) is 33.2 Å². The molecule has 0 unspecified atom stereocenters. The van der Waals surface area contributed by atoms with Gasteiger partial charge in [0.25, 0.3) is 5.91 Å². The lowest BCUT2D eigenvalue weighted by Crippen LogP contribution is -2.30. The van der Waals surface area contributed by atoms with Crippen LogP contribution in [0.5, 0.6) is 0 Å². The monoisotopic (exact) mass is 511 g/mol. The molecule has 1 aliphatic heterocycles. The average molecular weight is 512 g/mol. The third kappa shape index (κ3) is 4.86. The summed E-state index contributed by atoms with van der Waals surface area (Å²) in [6.07, 6.45) is 4.14. The minimum Gasteiger partial charge on any atom is -0.478 e. The fourth-order valence-electron chi connectivity index (χ4n) is 4.05. The van der Waals surface area contributed by atoms with Gasteiger partial charge in [0.05, 0.1) is 16.0 Å². The van der Waals surface area contributed by atoms with Crippen LogP contribution in [0.4, 0.5) is 5.69 Å². The number of hydrogen-bond acceptors (Lipinski definition) is 6. The highest BCUT2D eigenvalue weighted by molar-refractivity contribution is 8.26. The summed E-state index contributed by atoms with van der Waals surface area (Å²) in [6.45, 7) is 0.432. The molecule has 1 fully saturated rings. The summed E-state index contributed by atoms with van der Waals surface area (Å²) in [6, 6.07) is 22.4. The summed E-state index contributed by atoms with van der Waals surface area (Å²) in [5.41, 5.74) is 11.8. The zero-order chi connectivity index (χ0) is 25.2. The molecule has 3 aromatic carbocycles. The van der Waals surface area contributed by atoms with Crippen LogP contribution in [0.25, 0.3) is 28.1 Å². The standard InChI is InChI=1S/C28H21N3O3S2/c29-23-10-12-30-24-9-8-21(16-22(23)24)20-3-1-2-18(14-20)15-25-26(32)31(28(35)36-25)13-11-17-4-6-19(7-5-17)27(33)34/h1-10,12,14-16H,11,13H2,(H2,29,30)(H,33,34)/b25-15-. The first-order valence-corrected chi connectivity index (χ1v) is 12.4. The van der Waals surface area contributed by atoms with Crippen molar-refractivity contribution in [2.75, 3.05) is 12.3 Å². The maximum Gasteiger partial charge on any atom is 0.335 e. The lowest BCUT2D eigenvalue weighted by Gasteiger charge is -2.14. The molecule has 5 rings (SSSR count).